The fourth-order valence-corrected chi connectivity index (χ4v) is 3.70. The van der Waals surface area contributed by atoms with E-state index in [0.29, 0.717) is 28.2 Å². The standard InChI is InChI=1S/C17H17Cl3N2O3S/c1-17(2,3)22-16(24)14(20)13(8-21-22)26-5-4-25-15-11(18)6-10(9-23)7-12(15)19/h6-9H,4-5H2,1-3H3. The fourth-order valence-electron chi connectivity index (χ4n) is 2.08. The Labute approximate surface area is 170 Å². The lowest BCUT2D eigenvalue weighted by molar-refractivity contribution is 0.112. The quantitative estimate of drug-likeness (QED) is 0.365. The van der Waals surface area contributed by atoms with Gasteiger partial charge < -0.3 is 4.74 Å². The minimum Gasteiger partial charge on any atom is -0.490 e. The van der Waals surface area contributed by atoms with Gasteiger partial charge in [0.1, 0.15) is 11.3 Å². The fraction of sp³-hybridized carbons (Fsp3) is 0.353. The van der Waals surface area contributed by atoms with Crippen LogP contribution in [0.25, 0.3) is 0 Å². The van der Waals surface area contributed by atoms with Crippen molar-refractivity contribution in [1.82, 2.24) is 9.78 Å². The van der Waals surface area contributed by atoms with Crippen LogP contribution >= 0.6 is 46.6 Å². The molecule has 0 spiro atoms. The minimum absolute atomic E-state index is 0.131. The minimum atomic E-state index is -0.450. The van der Waals surface area contributed by atoms with E-state index in [2.05, 4.69) is 5.10 Å². The van der Waals surface area contributed by atoms with Gasteiger partial charge in [-0.15, -0.1) is 11.8 Å². The van der Waals surface area contributed by atoms with Gasteiger partial charge in [-0.2, -0.15) is 5.10 Å². The Morgan fingerprint density at radius 3 is 2.38 bits per heavy atom. The van der Waals surface area contributed by atoms with E-state index in [-0.39, 0.29) is 27.2 Å². The Kier molecular flexibility index (Phi) is 7.02. The molecule has 2 aromatic rings. The van der Waals surface area contributed by atoms with E-state index >= 15 is 0 Å². The number of nitrogens with zero attached hydrogens (tertiary/aromatic N) is 2. The monoisotopic (exact) mass is 434 g/mol. The lowest BCUT2D eigenvalue weighted by atomic mass is 10.1. The van der Waals surface area contributed by atoms with Gasteiger partial charge in [0.05, 0.1) is 33.3 Å². The molecule has 1 aromatic heterocycles. The highest BCUT2D eigenvalue weighted by Gasteiger charge is 2.19. The Bertz CT molecular complexity index is 856. The van der Waals surface area contributed by atoms with Gasteiger partial charge in [-0.3, -0.25) is 9.59 Å². The number of thioether (sulfide) groups is 1. The summed E-state index contributed by atoms with van der Waals surface area (Å²) in [5, 5.41) is 4.83. The average Bonchev–Trinajstić information content (AvgIpc) is 2.55. The molecule has 0 atom stereocenters. The normalized spacial score (nSPS) is 11.5. The van der Waals surface area contributed by atoms with E-state index in [1.54, 1.807) is 6.20 Å². The zero-order chi connectivity index (χ0) is 19.5. The Morgan fingerprint density at radius 2 is 1.85 bits per heavy atom. The van der Waals surface area contributed by atoms with Gasteiger partial charge in [-0.05, 0) is 32.9 Å². The molecule has 0 amide bonds. The van der Waals surface area contributed by atoms with Gasteiger partial charge in [0.2, 0.25) is 0 Å². The van der Waals surface area contributed by atoms with Crippen LogP contribution in [0.2, 0.25) is 15.1 Å². The molecule has 0 aliphatic heterocycles. The van der Waals surface area contributed by atoms with E-state index in [1.165, 1.54) is 28.6 Å². The van der Waals surface area contributed by atoms with E-state index in [9.17, 15) is 9.59 Å². The van der Waals surface area contributed by atoms with Gasteiger partial charge in [0, 0.05) is 11.3 Å². The number of aldehydes is 1. The zero-order valence-corrected chi connectivity index (χ0v) is 17.5. The molecule has 26 heavy (non-hydrogen) atoms. The number of hydrogen-bond acceptors (Lipinski definition) is 5. The van der Waals surface area contributed by atoms with Crippen molar-refractivity contribution in [2.24, 2.45) is 0 Å². The molecule has 0 fully saturated rings. The van der Waals surface area contributed by atoms with Gasteiger partial charge in [0.15, 0.2) is 5.75 Å². The van der Waals surface area contributed by atoms with Crippen LogP contribution in [0.4, 0.5) is 0 Å². The number of halogens is 3. The molecule has 0 aliphatic carbocycles. The molecule has 0 bridgehead atoms. The highest BCUT2D eigenvalue weighted by Crippen LogP contribution is 2.34. The second-order valence-corrected chi connectivity index (χ2v) is 8.67. The Balaban J connectivity index is 2.02. The van der Waals surface area contributed by atoms with Crippen LogP contribution in [0, 0.1) is 0 Å². The summed E-state index contributed by atoms with van der Waals surface area (Å²) in [6.45, 7) is 5.91. The molecule has 0 saturated carbocycles. The van der Waals surface area contributed by atoms with Crippen LogP contribution < -0.4 is 10.3 Å². The average molecular weight is 436 g/mol. The summed E-state index contributed by atoms with van der Waals surface area (Å²) < 4.78 is 6.94. The topological polar surface area (TPSA) is 61.2 Å². The summed E-state index contributed by atoms with van der Waals surface area (Å²) in [6, 6.07) is 2.96. The summed E-state index contributed by atoms with van der Waals surface area (Å²) in [4.78, 5) is 23.7. The molecule has 5 nitrogen and oxygen atoms in total. The van der Waals surface area contributed by atoms with Crippen molar-refractivity contribution < 1.29 is 9.53 Å². The van der Waals surface area contributed by atoms with E-state index < -0.39 is 5.54 Å². The highest BCUT2D eigenvalue weighted by atomic mass is 35.5. The first-order valence-electron chi connectivity index (χ1n) is 7.63. The van der Waals surface area contributed by atoms with Crippen molar-refractivity contribution in [1.29, 1.82) is 0 Å². The lowest BCUT2D eigenvalue weighted by Gasteiger charge is -2.21. The number of hydrogen-bond donors (Lipinski definition) is 0. The largest absolute Gasteiger partial charge is 0.490 e. The molecule has 0 unspecified atom stereocenters. The van der Waals surface area contributed by atoms with Crippen molar-refractivity contribution in [3.8, 4) is 5.75 Å². The summed E-state index contributed by atoms with van der Waals surface area (Å²) in [7, 11) is 0. The maximum atomic E-state index is 12.3. The molecular weight excluding hydrogens is 419 g/mol. The molecule has 0 radical (unpaired) electrons. The first-order chi connectivity index (χ1) is 12.1. The number of carbonyl (C=O) groups is 1. The third kappa shape index (κ3) is 4.94. The van der Waals surface area contributed by atoms with E-state index in [1.807, 2.05) is 20.8 Å². The number of ether oxygens (including phenoxy) is 1. The van der Waals surface area contributed by atoms with Crippen LogP contribution in [-0.2, 0) is 5.54 Å². The van der Waals surface area contributed by atoms with Gasteiger partial charge >= 0.3 is 0 Å². The predicted octanol–water partition coefficient (Wildman–Crippen LogP) is 4.94. The molecule has 0 N–H and O–H groups in total. The van der Waals surface area contributed by atoms with Crippen molar-refractivity contribution >= 4 is 52.9 Å². The first-order valence-corrected chi connectivity index (χ1v) is 9.75. The number of rotatable bonds is 6. The first kappa shape index (κ1) is 21.1. The summed E-state index contributed by atoms with van der Waals surface area (Å²) in [5.74, 6) is 0.814. The highest BCUT2D eigenvalue weighted by molar-refractivity contribution is 7.99. The van der Waals surface area contributed by atoms with E-state index in [4.69, 9.17) is 39.5 Å². The molecular formula is C17H17Cl3N2O3S. The van der Waals surface area contributed by atoms with Crippen LogP contribution in [0.1, 0.15) is 31.1 Å². The molecule has 1 aromatic carbocycles. The van der Waals surface area contributed by atoms with Crippen molar-refractivity contribution in [2.75, 3.05) is 12.4 Å². The SMILES string of the molecule is CC(C)(C)n1ncc(SCCOc2c(Cl)cc(C=O)cc2Cl)c(Cl)c1=O. The molecule has 2 rings (SSSR count). The number of carbonyl (C=O) groups excluding carboxylic acids is 1. The van der Waals surface area contributed by atoms with Crippen molar-refractivity contribution in [3.05, 3.63) is 49.3 Å². The van der Waals surface area contributed by atoms with E-state index in [0.717, 1.165) is 0 Å². The zero-order valence-electron chi connectivity index (χ0n) is 14.4. The molecule has 9 heteroatoms. The summed E-state index contributed by atoms with van der Waals surface area (Å²) in [5.41, 5.74) is -0.409. The van der Waals surface area contributed by atoms with Crippen LogP contribution in [0.5, 0.6) is 5.75 Å². The molecule has 1 heterocycles. The third-order valence-corrected chi connectivity index (χ3v) is 5.30. The van der Waals surface area contributed by atoms with Crippen molar-refractivity contribution in [3.63, 3.8) is 0 Å². The molecule has 140 valence electrons. The van der Waals surface area contributed by atoms with Crippen molar-refractivity contribution in [2.45, 2.75) is 31.2 Å². The number of benzene rings is 1. The van der Waals surface area contributed by atoms with Gasteiger partial charge in [0.25, 0.3) is 5.56 Å². The van der Waals surface area contributed by atoms with Crippen LogP contribution in [0.15, 0.2) is 28.0 Å². The summed E-state index contributed by atoms with van der Waals surface area (Å²) >= 11 is 19.6. The van der Waals surface area contributed by atoms with Crippen LogP contribution in [0.3, 0.4) is 0 Å². The number of aromatic nitrogens is 2. The molecule has 0 aliphatic rings. The second kappa shape index (κ2) is 8.65. The van der Waals surface area contributed by atoms with Gasteiger partial charge in [-0.1, -0.05) is 34.8 Å². The third-order valence-electron chi connectivity index (χ3n) is 3.27. The van der Waals surface area contributed by atoms with Gasteiger partial charge in [-0.25, -0.2) is 4.68 Å². The summed E-state index contributed by atoms with van der Waals surface area (Å²) in [6.07, 6.45) is 2.23. The Hall–Kier alpha value is -1.21. The second-order valence-electron chi connectivity index (χ2n) is 6.34. The Morgan fingerprint density at radius 1 is 1.23 bits per heavy atom. The smallest absolute Gasteiger partial charge is 0.287 e. The lowest BCUT2D eigenvalue weighted by Crippen LogP contribution is -2.36. The maximum absolute atomic E-state index is 12.3. The maximum Gasteiger partial charge on any atom is 0.287 e. The molecule has 0 saturated heterocycles. The van der Waals surface area contributed by atoms with Crippen LogP contribution in [-0.4, -0.2) is 28.4 Å². The predicted molar refractivity (Wildman–Crippen MR) is 107 cm³/mol.